The molecule has 0 saturated carbocycles. The van der Waals surface area contributed by atoms with Gasteiger partial charge in [0.25, 0.3) is 0 Å². The van der Waals surface area contributed by atoms with Gasteiger partial charge in [-0.05, 0) is 41.1 Å². The Morgan fingerprint density at radius 3 is 2.55 bits per heavy atom. The molecule has 0 saturated heterocycles. The highest BCUT2D eigenvalue weighted by Crippen LogP contribution is 2.26. The summed E-state index contributed by atoms with van der Waals surface area (Å²) in [6.07, 6.45) is 3.01. The normalized spacial score (nSPS) is 11.1. The van der Waals surface area contributed by atoms with Crippen LogP contribution in [0.1, 0.15) is 52.1 Å². The van der Waals surface area contributed by atoms with Crippen LogP contribution in [0.2, 0.25) is 0 Å². The van der Waals surface area contributed by atoms with Crippen LogP contribution in [0.15, 0.2) is 4.47 Å². The molecule has 0 aliphatic rings. The second-order valence-corrected chi connectivity index (χ2v) is 6.12. The lowest BCUT2D eigenvalue weighted by molar-refractivity contribution is 0.116. The fourth-order valence-electron chi connectivity index (χ4n) is 1.80. The maximum absolute atomic E-state index is 5.56. The van der Waals surface area contributed by atoms with Crippen molar-refractivity contribution in [1.29, 1.82) is 0 Å². The quantitative estimate of drug-likeness (QED) is 0.683. The monoisotopic (exact) mass is 343 g/mol. The Balaban J connectivity index is 2.92. The highest BCUT2D eigenvalue weighted by Gasteiger charge is 2.13. The first-order valence-electron chi connectivity index (χ1n) is 7.45. The van der Waals surface area contributed by atoms with Crippen molar-refractivity contribution in [2.75, 3.05) is 18.5 Å². The molecule has 4 nitrogen and oxygen atoms in total. The first-order chi connectivity index (χ1) is 9.58. The average molecular weight is 344 g/mol. The van der Waals surface area contributed by atoms with Crippen molar-refractivity contribution in [1.82, 2.24) is 9.97 Å². The molecule has 0 aromatic carbocycles. The van der Waals surface area contributed by atoms with Gasteiger partial charge in [0.05, 0.1) is 10.2 Å². The fraction of sp³-hybridized carbons (Fsp3) is 0.733. The molecule has 1 N–H and O–H groups in total. The summed E-state index contributed by atoms with van der Waals surface area (Å²) in [4.78, 5) is 9.19. The van der Waals surface area contributed by atoms with Crippen molar-refractivity contribution in [3.8, 4) is 0 Å². The van der Waals surface area contributed by atoms with Crippen LogP contribution in [-0.4, -0.2) is 23.1 Å². The molecule has 1 aromatic rings. The Bertz CT molecular complexity index is 410. The van der Waals surface area contributed by atoms with Crippen LogP contribution >= 0.6 is 15.9 Å². The van der Waals surface area contributed by atoms with Gasteiger partial charge in [-0.25, -0.2) is 9.97 Å². The van der Waals surface area contributed by atoms with Gasteiger partial charge in [0.15, 0.2) is 5.82 Å². The third-order valence-electron chi connectivity index (χ3n) is 2.69. The minimum atomic E-state index is 0.479. The second-order valence-electron chi connectivity index (χ2n) is 5.33. The minimum Gasteiger partial charge on any atom is -0.373 e. The smallest absolute Gasteiger partial charge is 0.156 e. The van der Waals surface area contributed by atoms with Gasteiger partial charge in [0.2, 0.25) is 0 Å². The van der Waals surface area contributed by atoms with E-state index in [2.05, 4.69) is 58.9 Å². The number of nitrogens with zero attached hydrogens (tertiary/aromatic N) is 2. The summed E-state index contributed by atoms with van der Waals surface area (Å²) in [6, 6.07) is 0. The molecule has 114 valence electrons. The van der Waals surface area contributed by atoms with Gasteiger partial charge in [0, 0.05) is 13.2 Å². The summed E-state index contributed by atoms with van der Waals surface area (Å²) < 4.78 is 6.55. The Morgan fingerprint density at radius 1 is 1.20 bits per heavy atom. The van der Waals surface area contributed by atoms with Crippen LogP contribution in [0.4, 0.5) is 5.82 Å². The highest BCUT2D eigenvalue weighted by atomic mass is 79.9. The molecule has 0 spiro atoms. The van der Waals surface area contributed by atoms with Crippen LogP contribution in [0.3, 0.4) is 0 Å². The first kappa shape index (κ1) is 17.4. The van der Waals surface area contributed by atoms with Crippen molar-refractivity contribution in [2.45, 2.75) is 53.6 Å². The van der Waals surface area contributed by atoms with Crippen molar-refractivity contribution in [3.05, 3.63) is 16.0 Å². The van der Waals surface area contributed by atoms with Crippen LogP contribution in [-0.2, 0) is 17.8 Å². The van der Waals surface area contributed by atoms with E-state index in [0.29, 0.717) is 12.5 Å². The zero-order chi connectivity index (χ0) is 15.0. The van der Waals surface area contributed by atoms with Crippen molar-refractivity contribution in [3.63, 3.8) is 0 Å². The molecule has 0 bridgehead atoms. The van der Waals surface area contributed by atoms with Gasteiger partial charge in [-0.2, -0.15) is 0 Å². The summed E-state index contributed by atoms with van der Waals surface area (Å²) in [7, 11) is 0. The predicted octanol–water partition coefficient (Wildman–Crippen LogP) is 4.19. The van der Waals surface area contributed by atoms with E-state index in [1.54, 1.807) is 0 Å². The summed E-state index contributed by atoms with van der Waals surface area (Å²) in [5.74, 6) is 2.20. The zero-order valence-corrected chi connectivity index (χ0v) is 14.6. The molecule has 1 rings (SSSR count). The lowest BCUT2D eigenvalue weighted by Gasteiger charge is -2.14. The van der Waals surface area contributed by atoms with E-state index in [0.717, 1.165) is 54.2 Å². The Hall–Kier alpha value is -0.680. The Morgan fingerprint density at radius 2 is 1.95 bits per heavy atom. The molecule has 1 heterocycles. The molecule has 0 unspecified atom stereocenters. The standard InChI is InChI=1S/C15H26BrN3O/c1-5-7-17-15-14(16)12(9-11(3)4)18-13(19-15)10-20-8-6-2/h11H,5-10H2,1-4H3,(H,17,18,19). The molecule has 0 atom stereocenters. The number of rotatable bonds is 9. The van der Waals surface area contributed by atoms with Gasteiger partial charge in [-0.1, -0.05) is 27.7 Å². The predicted molar refractivity (Wildman–Crippen MR) is 87.0 cm³/mol. The number of hydrogen-bond donors (Lipinski definition) is 1. The van der Waals surface area contributed by atoms with Gasteiger partial charge in [-0.3, -0.25) is 0 Å². The third kappa shape index (κ3) is 5.75. The summed E-state index contributed by atoms with van der Waals surface area (Å²) >= 11 is 3.63. The zero-order valence-electron chi connectivity index (χ0n) is 13.0. The van der Waals surface area contributed by atoms with Crippen LogP contribution in [0, 0.1) is 5.92 Å². The number of nitrogens with one attached hydrogen (secondary N) is 1. The molecular weight excluding hydrogens is 318 g/mol. The fourth-order valence-corrected chi connectivity index (χ4v) is 2.28. The van der Waals surface area contributed by atoms with E-state index in [4.69, 9.17) is 4.74 Å². The summed E-state index contributed by atoms with van der Waals surface area (Å²) in [5.41, 5.74) is 1.06. The van der Waals surface area contributed by atoms with Crippen molar-refractivity contribution >= 4 is 21.7 Å². The van der Waals surface area contributed by atoms with E-state index >= 15 is 0 Å². The van der Waals surface area contributed by atoms with Gasteiger partial charge in [-0.15, -0.1) is 0 Å². The third-order valence-corrected chi connectivity index (χ3v) is 3.52. The average Bonchev–Trinajstić information content (AvgIpc) is 2.40. The molecule has 5 heteroatoms. The number of ether oxygens (including phenoxy) is 1. The largest absolute Gasteiger partial charge is 0.373 e. The molecule has 1 aromatic heterocycles. The lowest BCUT2D eigenvalue weighted by Crippen LogP contribution is -2.11. The van der Waals surface area contributed by atoms with E-state index < -0.39 is 0 Å². The minimum absolute atomic E-state index is 0.479. The number of hydrogen-bond acceptors (Lipinski definition) is 4. The number of aromatic nitrogens is 2. The van der Waals surface area contributed by atoms with E-state index in [1.165, 1.54) is 0 Å². The van der Waals surface area contributed by atoms with Gasteiger partial charge in [0.1, 0.15) is 12.4 Å². The summed E-state index contributed by atoms with van der Waals surface area (Å²) in [6.45, 7) is 10.8. The van der Waals surface area contributed by atoms with Gasteiger partial charge < -0.3 is 10.1 Å². The molecule has 0 radical (unpaired) electrons. The van der Waals surface area contributed by atoms with Crippen LogP contribution < -0.4 is 5.32 Å². The molecule has 0 aliphatic heterocycles. The van der Waals surface area contributed by atoms with Gasteiger partial charge >= 0.3 is 0 Å². The molecule has 0 aliphatic carbocycles. The SMILES string of the molecule is CCCNc1nc(COCCC)nc(CC(C)C)c1Br. The first-order valence-corrected chi connectivity index (χ1v) is 8.24. The van der Waals surface area contributed by atoms with E-state index in [1.807, 2.05) is 0 Å². The maximum atomic E-state index is 5.56. The topological polar surface area (TPSA) is 47.0 Å². The molecular formula is C15H26BrN3O. The Labute approximate surface area is 130 Å². The molecule has 20 heavy (non-hydrogen) atoms. The Kier molecular flexibility index (Phi) is 8.07. The second kappa shape index (κ2) is 9.29. The number of halogens is 1. The van der Waals surface area contributed by atoms with E-state index in [-0.39, 0.29) is 0 Å². The molecule has 0 fully saturated rings. The lowest BCUT2D eigenvalue weighted by atomic mass is 10.1. The van der Waals surface area contributed by atoms with Crippen molar-refractivity contribution in [2.24, 2.45) is 5.92 Å². The van der Waals surface area contributed by atoms with Crippen molar-refractivity contribution < 1.29 is 4.74 Å². The molecule has 0 amide bonds. The maximum Gasteiger partial charge on any atom is 0.156 e. The summed E-state index contributed by atoms with van der Waals surface area (Å²) in [5, 5.41) is 3.35. The van der Waals surface area contributed by atoms with Crippen LogP contribution in [0.25, 0.3) is 0 Å². The highest BCUT2D eigenvalue weighted by molar-refractivity contribution is 9.10. The number of anilines is 1. The van der Waals surface area contributed by atoms with Crippen LogP contribution in [0.5, 0.6) is 0 Å². The van der Waals surface area contributed by atoms with E-state index in [9.17, 15) is 0 Å².